The molecule has 1 unspecified atom stereocenters. The van der Waals surface area contributed by atoms with Gasteiger partial charge in [-0.3, -0.25) is 4.79 Å². The Bertz CT molecular complexity index is 668. The Morgan fingerprint density at radius 3 is 2.44 bits per heavy atom. The molecule has 2 rings (SSSR count). The van der Waals surface area contributed by atoms with Gasteiger partial charge < -0.3 is 20.7 Å². The van der Waals surface area contributed by atoms with Crippen LogP contribution < -0.4 is 16.0 Å². The van der Waals surface area contributed by atoms with Gasteiger partial charge in [-0.25, -0.2) is 8.42 Å². The lowest BCUT2D eigenvalue weighted by atomic mass is 10.0. The first-order valence-electron chi connectivity index (χ1n) is 8.50. The molecule has 25 heavy (non-hydrogen) atoms. The molecule has 1 aromatic carbocycles. The number of anilines is 1. The van der Waals surface area contributed by atoms with E-state index in [0.29, 0.717) is 4.90 Å². The largest absolute Gasteiger partial charge is 0.383 e. The number of benzene rings is 1. The standard InChI is InChI=1S/C17H27N3O4S/c1-3-25(22,23)15-6-4-14(5-7-15)20-10-8-13(9-11-20)19-17(21)16(18)12-24-2/h4-7,13,16H,3,8-12,18H2,1-2H3,(H,19,21). The van der Waals surface area contributed by atoms with E-state index in [1.807, 2.05) is 12.1 Å². The van der Waals surface area contributed by atoms with Crippen LogP contribution in [0.2, 0.25) is 0 Å². The molecule has 1 fully saturated rings. The van der Waals surface area contributed by atoms with Crippen LogP contribution in [0.1, 0.15) is 19.8 Å². The molecule has 1 atom stereocenters. The van der Waals surface area contributed by atoms with Crippen LogP contribution in [0.15, 0.2) is 29.2 Å². The number of hydrogen-bond acceptors (Lipinski definition) is 6. The summed E-state index contributed by atoms with van der Waals surface area (Å²) in [5, 5.41) is 2.96. The van der Waals surface area contributed by atoms with E-state index in [-0.39, 0.29) is 24.3 Å². The van der Waals surface area contributed by atoms with Crippen LogP contribution >= 0.6 is 0 Å². The number of methoxy groups -OCH3 is 1. The number of carbonyl (C=O) groups is 1. The van der Waals surface area contributed by atoms with E-state index in [9.17, 15) is 13.2 Å². The Labute approximate surface area is 149 Å². The number of piperidine rings is 1. The summed E-state index contributed by atoms with van der Waals surface area (Å²) in [6.07, 6.45) is 1.64. The van der Waals surface area contributed by atoms with Gasteiger partial charge >= 0.3 is 0 Å². The SMILES string of the molecule is CCS(=O)(=O)c1ccc(N2CCC(NC(=O)C(N)COC)CC2)cc1. The Hall–Kier alpha value is -1.64. The molecule has 0 aliphatic carbocycles. The van der Waals surface area contributed by atoms with E-state index in [0.717, 1.165) is 31.6 Å². The molecular weight excluding hydrogens is 342 g/mol. The van der Waals surface area contributed by atoms with E-state index in [2.05, 4.69) is 10.2 Å². The summed E-state index contributed by atoms with van der Waals surface area (Å²) in [4.78, 5) is 14.5. The van der Waals surface area contributed by atoms with Crippen LogP contribution in [-0.4, -0.2) is 59.0 Å². The highest BCUT2D eigenvalue weighted by Gasteiger charge is 2.23. The van der Waals surface area contributed by atoms with Gasteiger partial charge in [-0.05, 0) is 37.1 Å². The summed E-state index contributed by atoms with van der Waals surface area (Å²) in [7, 11) is -1.65. The molecule has 0 spiro atoms. The van der Waals surface area contributed by atoms with Gasteiger partial charge in [0.15, 0.2) is 9.84 Å². The second-order valence-electron chi connectivity index (χ2n) is 6.23. The zero-order chi connectivity index (χ0) is 18.4. The Balaban J connectivity index is 1.89. The third-order valence-electron chi connectivity index (χ3n) is 4.47. The molecule has 0 radical (unpaired) electrons. The van der Waals surface area contributed by atoms with Gasteiger partial charge in [0.25, 0.3) is 0 Å². The van der Waals surface area contributed by atoms with Crippen molar-refractivity contribution in [1.82, 2.24) is 5.32 Å². The van der Waals surface area contributed by atoms with Gasteiger partial charge in [0.2, 0.25) is 5.91 Å². The molecule has 1 heterocycles. The summed E-state index contributed by atoms with van der Waals surface area (Å²) in [6.45, 7) is 3.44. The van der Waals surface area contributed by atoms with Gasteiger partial charge in [-0.2, -0.15) is 0 Å². The quantitative estimate of drug-likeness (QED) is 0.727. The van der Waals surface area contributed by atoms with E-state index in [4.69, 9.17) is 10.5 Å². The zero-order valence-corrected chi connectivity index (χ0v) is 15.6. The molecule has 3 N–H and O–H groups in total. The number of nitrogens with two attached hydrogens (primary N) is 1. The van der Waals surface area contributed by atoms with Crippen LogP contribution in [0.4, 0.5) is 5.69 Å². The third kappa shape index (κ3) is 5.17. The predicted molar refractivity (Wildman–Crippen MR) is 97.4 cm³/mol. The number of carbonyl (C=O) groups excluding carboxylic acids is 1. The highest BCUT2D eigenvalue weighted by molar-refractivity contribution is 7.91. The number of amides is 1. The minimum absolute atomic E-state index is 0.0998. The van der Waals surface area contributed by atoms with Crippen molar-refractivity contribution in [3.63, 3.8) is 0 Å². The molecule has 0 aromatic heterocycles. The lowest BCUT2D eigenvalue weighted by molar-refractivity contribution is -0.124. The monoisotopic (exact) mass is 369 g/mol. The average molecular weight is 369 g/mol. The van der Waals surface area contributed by atoms with Crippen LogP contribution in [-0.2, 0) is 19.4 Å². The van der Waals surface area contributed by atoms with E-state index in [1.165, 1.54) is 7.11 Å². The highest BCUT2D eigenvalue weighted by Crippen LogP contribution is 2.22. The third-order valence-corrected chi connectivity index (χ3v) is 6.22. The number of rotatable bonds is 7. The maximum Gasteiger partial charge on any atom is 0.239 e. The number of hydrogen-bond donors (Lipinski definition) is 2. The maximum absolute atomic E-state index is 11.9. The zero-order valence-electron chi connectivity index (χ0n) is 14.8. The van der Waals surface area contributed by atoms with Crippen molar-refractivity contribution in [2.75, 3.05) is 37.5 Å². The number of sulfone groups is 1. The second kappa shape index (κ2) is 8.64. The first-order valence-corrected chi connectivity index (χ1v) is 10.1. The van der Waals surface area contributed by atoms with Crippen molar-refractivity contribution in [3.8, 4) is 0 Å². The van der Waals surface area contributed by atoms with Gasteiger partial charge in [0.1, 0.15) is 6.04 Å². The molecular formula is C17H27N3O4S. The Kier molecular flexibility index (Phi) is 6.80. The summed E-state index contributed by atoms with van der Waals surface area (Å²) in [6, 6.07) is 6.46. The summed E-state index contributed by atoms with van der Waals surface area (Å²) in [5.74, 6) is -0.0859. The van der Waals surface area contributed by atoms with Crippen molar-refractivity contribution >= 4 is 21.4 Å². The first-order chi connectivity index (χ1) is 11.9. The number of nitrogens with one attached hydrogen (secondary N) is 1. The van der Waals surface area contributed by atoms with Crippen molar-refractivity contribution in [1.29, 1.82) is 0 Å². The van der Waals surface area contributed by atoms with Gasteiger partial charge in [-0.1, -0.05) is 6.92 Å². The minimum atomic E-state index is -3.17. The van der Waals surface area contributed by atoms with Gasteiger partial charge in [0.05, 0.1) is 17.3 Å². The van der Waals surface area contributed by atoms with Crippen molar-refractivity contribution < 1.29 is 17.9 Å². The fourth-order valence-corrected chi connectivity index (χ4v) is 3.76. The number of nitrogens with zero attached hydrogens (tertiary/aromatic N) is 1. The summed E-state index contributed by atoms with van der Waals surface area (Å²) >= 11 is 0. The lowest BCUT2D eigenvalue weighted by Crippen LogP contribution is -2.50. The Morgan fingerprint density at radius 2 is 1.92 bits per heavy atom. The van der Waals surface area contributed by atoms with Gasteiger partial charge in [0, 0.05) is 31.9 Å². The second-order valence-corrected chi connectivity index (χ2v) is 8.51. The first kappa shape index (κ1) is 19.7. The molecule has 1 aliphatic heterocycles. The fraction of sp³-hybridized carbons (Fsp3) is 0.588. The average Bonchev–Trinajstić information content (AvgIpc) is 2.62. The van der Waals surface area contributed by atoms with E-state index >= 15 is 0 Å². The lowest BCUT2D eigenvalue weighted by Gasteiger charge is -2.34. The molecule has 140 valence electrons. The maximum atomic E-state index is 11.9. The predicted octanol–water partition coefficient (Wildman–Crippen LogP) is 0.539. The molecule has 1 saturated heterocycles. The summed E-state index contributed by atoms with van der Waals surface area (Å²) < 4.78 is 28.6. The van der Waals surface area contributed by atoms with Crippen LogP contribution in [0, 0.1) is 0 Å². The molecule has 1 aromatic rings. The Morgan fingerprint density at radius 1 is 1.32 bits per heavy atom. The highest BCUT2D eigenvalue weighted by atomic mass is 32.2. The van der Waals surface area contributed by atoms with Crippen LogP contribution in [0.5, 0.6) is 0 Å². The molecule has 0 bridgehead atoms. The van der Waals surface area contributed by atoms with E-state index < -0.39 is 15.9 Å². The molecule has 1 aliphatic rings. The van der Waals surface area contributed by atoms with Gasteiger partial charge in [-0.15, -0.1) is 0 Å². The number of ether oxygens (including phenoxy) is 1. The van der Waals surface area contributed by atoms with Crippen molar-refractivity contribution in [2.45, 2.75) is 36.7 Å². The van der Waals surface area contributed by atoms with E-state index in [1.54, 1.807) is 19.1 Å². The minimum Gasteiger partial charge on any atom is -0.383 e. The van der Waals surface area contributed by atoms with Crippen molar-refractivity contribution in [3.05, 3.63) is 24.3 Å². The van der Waals surface area contributed by atoms with Crippen molar-refractivity contribution in [2.24, 2.45) is 5.73 Å². The molecule has 7 nitrogen and oxygen atoms in total. The van der Waals surface area contributed by atoms with Crippen LogP contribution in [0.3, 0.4) is 0 Å². The summed E-state index contributed by atoms with van der Waals surface area (Å²) in [5.41, 5.74) is 6.72. The smallest absolute Gasteiger partial charge is 0.239 e. The molecule has 8 heteroatoms. The topological polar surface area (TPSA) is 102 Å². The molecule has 0 saturated carbocycles. The van der Waals surface area contributed by atoms with Crippen LogP contribution in [0.25, 0.3) is 0 Å². The fourth-order valence-electron chi connectivity index (χ4n) is 2.88. The normalized spacial score (nSPS) is 17.3. The molecule has 1 amide bonds.